The van der Waals surface area contributed by atoms with E-state index in [0.29, 0.717) is 5.92 Å². The van der Waals surface area contributed by atoms with Gasteiger partial charge in [0.25, 0.3) is 0 Å². The molecule has 0 amide bonds. The fraction of sp³-hybridized carbons (Fsp3) is 0.455. The van der Waals surface area contributed by atoms with Gasteiger partial charge >= 0.3 is 5.97 Å². The lowest BCUT2D eigenvalue weighted by molar-refractivity contribution is -0.139. The highest BCUT2D eigenvalue weighted by Gasteiger charge is 2.29. The maximum atomic E-state index is 11.0. The van der Waals surface area contributed by atoms with E-state index >= 15 is 0 Å². The number of rotatable bonds is 4. The molecule has 0 bridgehead atoms. The van der Waals surface area contributed by atoms with Crippen molar-refractivity contribution in [1.29, 1.82) is 0 Å². The summed E-state index contributed by atoms with van der Waals surface area (Å²) in [4.78, 5) is 14.9. The molecule has 2 rings (SSSR count). The summed E-state index contributed by atoms with van der Waals surface area (Å²) in [5, 5.41) is 9.08. The summed E-state index contributed by atoms with van der Waals surface area (Å²) in [5.74, 6) is -0.433. The highest BCUT2D eigenvalue weighted by molar-refractivity contribution is 5.76. The molecule has 0 radical (unpaired) electrons. The van der Waals surface area contributed by atoms with Gasteiger partial charge in [-0.25, -0.2) is 0 Å². The normalized spacial score (nSPS) is 17.7. The Morgan fingerprint density at radius 3 is 2.64 bits per heavy atom. The maximum Gasteiger partial charge on any atom is 0.310 e. The lowest BCUT2D eigenvalue weighted by atomic mass is 9.94. The molecule has 3 heteroatoms. The monoisotopic (exact) mass is 191 g/mol. The summed E-state index contributed by atoms with van der Waals surface area (Å²) >= 11 is 0. The van der Waals surface area contributed by atoms with Crippen LogP contribution in [0.5, 0.6) is 0 Å². The predicted molar refractivity (Wildman–Crippen MR) is 52.0 cm³/mol. The van der Waals surface area contributed by atoms with Crippen LogP contribution in [-0.4, -0.2) is 16.1 Å². The van der Waals surface area contributed by atoms with Crippen LogP contribution in [0.1, 0.15) is 30.7 Å². The Bertz CT molecular complexity index is 319. The van der Waals surface area contributed by atoms with Crippen molar-refractivity contribution in [2.45, 2.75) is 25.2 Å². The van der Waals surface area contributed by atoms with Gasteiger partial charge in [0.05, 0.1) is 5.92 Å². The lowest BCUT2D eigenvalue weighted by Crippen LogP contribution is -2.12. The lowest BCUT2D eigenvalue weighted by Gasteiger charge is -2.11. The van der Waals surface area contributed by atoms with Crippen LogP contribution in [0.2, 0.25) is 0 Å². The Hall–Kier alpha value is -1.38. The van der Waals surface area contributed by atoms with Crippen LogP contribution < -0.4 is 0 Å². The van der Waals surface area contributed by atoms with Crippen LogP contribution in [-0.2, 0) is 4.79 Å². The minimum Gasteiger partial charge on any atom is -0.481 e. The molecule has 1 unspecified atom stereocenters. The molecule has 1 aliphatic carbocycles. The van der Waals surface area contributed by atoms with Crippen molar-refractivity contribution in [2.24, 2.45) is 5.92 Å². The van der Waals surface area contributed by atoms with Crippen LogP contribution in [0, 0.1) is 5.92 Å². The zero-order valence-electron chi connectivity index (χ0n) is 7.89. The first kappa shape index (κ1) is 9.19. The van der Waals surface area contributed by atoms with E-state index in [1.54, 1.807) is 24.5 Å². The minimum absolute atomic E-state index is 0.342. The third-order valence-electron chi connectivity index (χ3n) is 2.67. The second-order valence-electron chi connectivity index (χ2n) is 3.85. The Kier molecular flexibility index (Phi) is 2.48. The fourth-order valence-corrected chi connectivity index (χ4v) is 1.66. The van der Waals surface area contributed by atoms with Crippen molar-refractivity contribution < 1.29 is 9.90 Å². The molecule has 1 fully saturated rings. The van der Waals surface area contributed by atoms with Crippen molar-refractivity contribution in [3.05, 3.63) is 30.1 Å². The zero-order valence-corrected chi connectivity index (χ0v) is 7.89. The summed E-state index contributed by atoms with van der Waals surface area (Å²) in [7, 11) is 0. The van der Waals surface area contributed by atoms with Crippen molar-refractivity contribution >= 4 is 5.97 Å². The Morgan fingerprint density at radius 2 is 2.14 bits per heavy atom. The number of carboxylic acid groups (broad SMARTS) is 1. The van der Waals surface area contributed by atoms with Crippen LogP contribution in [0.3, 0.4) is 0 Å². The topological polar surface area (TPSA) is 50.2 Å². The average molecular weight is 191 g/mol. The average Bonchev–Trinajstić information content (AvgIpc) is 2.99. The van der Waals surface area contributed by atoms with Gasteiger partial charge in [0, 0.05) is 12.4 Å². The Labute approximate surface area is 82.8 Å². The number of carboxylic acids is 1. The Morgan fingerprint density at radius 1 is 1.50 bits per heavy atom. The number of carbonyl (C=O) groups is 1. The van der Waals surface area contributed by atoms with E-state index in [0.717, 1.165) is 12.0 Å². The minimum atomic E-state index is -0.719. The third-order valence-corrected chi connectivity index (χ3v) is 2.67. The first-order chi connectivity index (χ1) is 6.77. The molecule has 1 heterocycles. The fourth-order valence-electron chi connectivity index (χ4n) is 1.66. The summed E-state index contributed by atoms with van der Waals surface area (Å²) in [6.07, 6.45) is 6.46. The number of aliphatic carboxylic acids is 1. The van der Waals surface area contributed by atoms with E-state index < -0.39 is 5.97 Å². The van der Waals surface area contributed by atoms with Gasteiger partial charge in [-0.05, 0) is 30.0 Å². The Balaban J connectivity index is 2.13. The van der Waals surface area contributed by atoms with Gasteiger partial charge in [0.15, 0.2) is 0 Å². The number of hydrogen-bond acceptors (Lipinski definition) is 2. The van der Waals surface area contributed by atoms with E-state index in [4.69, 9.17) is 5.11 Å². The molecular formula is C11H13NO2. The smallest absolute Gasteiger partial charge is 0.310 e. The number of aromatic nitrogens is 1. The molecule has 0 spiro atoms. The molecule has 1 N–H and O–H groups in total. The molecule has 1 aromatic heterocycles. The number of hydrogen-bond donors (Lipinski definition) is 1. The number of pyridine rings is 1. The predicted octanol–water partition coefficient (Wildman–Crippen LogP) is 2.05. The highest BCUT2D eigenvalue weighted by atomic mass is 16.4. The molecule has 3 nitrogen and oxygen atoms in total. The molecule has 0 aliphatic heterocycles. The SMILES string of the molecule is O=C(O)C(CC1CC1)c1ccncc1. The molecule has 1 aliphatic rings. The summed E-state index contributed by atoms with van der Waals surface area (Å²) in [6.45, 7) is 0. The van der Waals surface area contributed by atoms with E-state index in [1.807, 2.05) is 0 Å². The molecule has 1 atom stereocenters. The van der Waals surface area contributed by atoms with Gasteiger partial charge in [-0.15, -0.1) is 0 Å². The van der Waals surface area contributed by atoms with Gasteiger partial charge < -0.3 is 5.11 Å². The van der Waals surface area contributed by atoms with E-state index in [9.17, 15) is 4.79 Å². The van der Waals surface area contributed by atoms with Crippen LogP contribution in [0.4, 0.5) is 0 Å². The van der Waals surface area contributed by atoms with Crippen LogP contribution in [0.15, 0.2) is 24.5 Å². The van der Waals surface area contributed by atoms with Gasteiger partial charge in [0.2, 0.25) is 0 Å². The molecule has 14 heavy (non-hydrogen) atoms. The molecule has 1 aromatic rings. The van der Waals surface area contributed by atoms with E-state index in [1.165, 1.54) is 12.8 Å². The van der Waals surface area contributed by atoms with Crippen molar-refractivity contribution in [3.8, 4) is 0 Å². The summed E-state index contributed by atoms with van der Waals surface area (Å²) in [6, 6.07) is 3.59. The van der Waals surface area contributed by atoms with Gasteiger partial charge in [0.1, 0.15) is 0 Å². The molecule has 1 saturated carbocycles. The molecular weight excluding hydrogens is 178 g/mol. The van der Waals surface area contributed by atoms with E-state index in [2.05, 4.69) is 4.98 Å². The van der Waals surface area contributed by atoms with Crippen molar-refractivity contribution in [1.82, 2.24) is 4.98 Å². The standard InChI is InChI=1S/C11H13NO2/c13-11(14)10(7-8-1-2-8)9-3-5-12-6-4-9/h3-6,8,10H,1-2,7H2,(H,13,14). The highest BCUT2D eigenvalue weighted by Crippen LogP contribution is 2.38. The van der Waals surface area contributed by atoms with Crippen LogP contribution >= 0.6 is 0 Å². The maximum absolute atomic E-state index is 11.0. The number of nitrogens with zero attached hydrogens (tertiary/aromatic N) is 1. The van der Waals surface area contributed by atoms with Crippen molar-refractivity contribution in [3.63, 3.8) is 0 Å². The van der Waals surface area contributed by atoms with Gasteiger partial charge in [-0.3, -0.25) is 9.78 Å². The summed E-state index contributed by atoms with van der Waals surface area (Å²) < 4.78 is 0. The van der Waals surface area contributed by atoms with Gasteiger partial charge in [-0.1, -0.05) is 12.8 Å². The first-order valence-electron chi connectivity index (χ1n) is 4.90. The second kappa shape index (κ2) is 3.78. The van der Waals surface area contributed by atoms with E-state index in [-0.39, 0.29) is 5.92 Å². The van der Waals surface area contributed by atoms with Gasteiger partial charge in [-0.2, -0.15) is 0 Å². The molecule has 74 valence electrons. The third kappa shape index (κ3) is 2.10. The zero-order chi connectivity index (χ0) is 9.97. The quantitative estimate of drug-likeness (QED) is 0.792. The van der Waals surface area contributed by atoms with Crippen molar-refractivity contribution in [2.75, 3.05) is 0 Å². The molecule has 0 saturated heterocycles. The second-order valence-corrected chi connectivity index (χ2v) is 3.85. The summed E-state index contributed by atoms with van der Waals surface area (Å²) in [5.41, 5.74) is 0.874. The largest absolute Gasteiger partial charge is 0.481 e. The first-order valence-corrected chi connectivity index (χ1v) is 4.90. The molecule has 0 aromatic carbocycles. The van der Waals surface area contributed by atoms with Crippen LogP contribution in [0.25, 0.3) is 0 Å².